The van der Waals surface area contributed by atoms with E-state index in [1.54, 1.807) is 19.2 Å². The predicted molar refractivity (Wildman–Crippen MR) is 76.4 cm³/mol. The van der Waals surface area contributed by atoms with Crippen LogP contribution in [0.15, 0.2) is 46.9 Å². The van der Waals surface area contributed by atoms with Gasteiger partial charge in [-0.25, -0.2) is 4.39 Å². The fourth-order valence-corrected chi connectivity index (χ4v) is 2.62. The van der Waals surface area contributed by atoms with Crippen LogP contribution in [0.5, 0.6) is 0 Å². The lowest BCUT2D eigenvalue weighted by molar-refractivity contribution is -0.138. The molecule has 6 heteroatoms. The molecule has 0 bridgehead atoms. The van der Waals surface area contributed by atoms with Gasteiger partial charge in [0.2, 0.25) is 0 Å². The first kappa shape index (κ1) is 16.0. The fraction of sp³-hybridized carbons (Fsp3) is 0.200. The maximum atomic E-state index is 13.9. The molecule has 0 heterocycles. The number of hydrogen-bond acceptors (Lipinski definition) is 1. The zero-order valence-electron chi connectivity index (χ0n) is 11.0. The third-order valence-corrected chi connectivity index (χ3v) is 3.83. The lowest BCUT2D eigenvalue weighted by Gasteiger charge is -2.20. The topological polar surface area (TPSA) is 12.0 Å². The van der Waals surface area contributed by atoms with Crippen LogP contribution in [0.1, 0.15) is 22.7 Å². The SMILES string of the molecule is CNC(c1ccc(Br)c(C(F)(F)F)c1)c1ccccc1F. The van der Waals surface area contributed by atoms with Crippen molar-refractivity contribution in [1.29, 1.82) is 0 Å². The van der Waals surface area contributed by atoms with Gasteiger partial charge in [0, 0.05) is 10.0 Å². The molecule has 0 aliphatic rings. The Balaban J connectivity index is 2.52. The van der Waals surface area contributed by atoms with E-state index in [4.69, 9.17) is 0 Å². The number of rotatable bonds is 3. The molecule has 0 radical (unpaired) electrons. The molecule has 2 rings (SSSR count). The van der Waals surface area contributed by atoms with Crippen molar-refractivity contribution >= 4 is 15.9 Å². The van der Waals surface area contributed by atoms with Gasteiger partial charge in [0.1, 0.15) is 5.82 Å². The van der Waals surface area contributed by atoms with Crippen molar-refractivity contribution in [2.75, 3.05) is 7.05 Å². The van der Waals surface area contributed by atoms with Crippen LogP contribution in [0.3, 0.4) is 0 Å². The monoisotopic (exact) mass is 361 g/mol. The molecule has 0 aromatic heterocycles. The molecule has 112 valence electrons. The molecule has 1 N–H and O–H groups in total. The lowest BCUT2D eigenvalue weighted by atomic mass is 9.96. The minimum Gasteiger partial charge on any atom is -0.309 e. The first-order valence-corrected chi connectivity index (χ1v) is 6.92. The van der Waals surface area contributed by atoms with Crippen molar-refractivity contribution in [3.8, 4) is 0 Å². The normalized spacial score (nSPS) is 13.2. The molecule has 0 amide bonds. The first-order valence-electron chi connectivity index (χ1n) is 6.13. The molecule has 0 saturated heterocycles. The van der Waals surface area contributed by atoms with Gasteiger partial charge in [0.15, 0.2) is 0 Å². The van der Waals surface area contributed by atoms with Crippen molar-refractivity contribution in [1.82, 2.24) is 5.32 Å². The Morgan fingerprint density at radius 2 is 1.76 bits per heavy atom. The van der Waals surface area contributed by atoms with Crippen molar-refractivity contribution in [3.05, 3.63) is 69.4 Å². The molecule has 1 nitrogen and oxygen atoms in total. The van der Waals surface area contributed by atoms with Crippen LogP contribution in [0, 0.1) is 5.82 Å². The van der Waals surface area contributed by atoms with E-state index in [-0.39, 0.29) is 4.47 Å². The van der Waals surface area contributed by atoms with Crippen LogP contribution >= 0.6 is 15.9 Å². The molecule has 2 aromatic carbocycles. The fourth-order valence-electron chi connectivity index (χ4n) is 2.15. The van der Waals surface area contributed by atoms with E-state index >= 15 is 0 Å². The van der Waals surface area contributed by atoms with E-state index in [2.05, 4.69) is 21.2 Å². The Hall–Kier alpha value is -1.40. The van der Waals surface area contributed by atoms with E-state index in [1.165, 1.54) is 24.3 Å². The zero-order valence-corrected chi connectivity index (χ0v) is 12.6. The Kier molecular flexibility index (Phi) is 4.68. The molecule has 0 spiro atoms. The van der Waals surface area contributed by atoms with Crippen LogP contribution in [0.4, 0.5) is 17.6 Å². The maximum absolute atomic E-state index is 13.9. The summed E-state index contributed by atoms with van der Waals surface area (Å²) in [5, 5.41) is 2.85. The molecule has 0 saturated carbocycles. The van der Waals surface area contributed by atoms with E-state index < -0.39 is 23.6 Å². The summed E-state index contributed by atoms with van der Waals surface area (Å²) in [4.78, 5) is 0. The van der Waals surface area contributed by atoms with Crippen molar-refractivity contribution in [2.24, 2.45) is 0 Å². The van der Waals surface area contributed by atoms with Gasteiger partial charge in [-0.2, -0.15) is 13.2 Å². The second kappa shape index (κ2) is 6.15. The Morgan fingerprint density at radius 3 is 2.33 bits per heavy atom. The van der Waals surface area contributed by atoms with Crippen LogP contribution in [-0.2, 0) is 6.18 Å². The standard InChI is InChI=1S/C15H12BrF4N/c1-21-14(10-4-2-3-5-13(10)17)9-6-7-12(16)11(8-9)15(18,19)20/h2-8,14,21H,1H3. The zero-order chi connectivity index (χ0) is 15.6. The minimum atomic E-state index is -4.47. The van der Waals surface area contributed by atoms with Crippen LogP contribution in [0.25, 0.3) is 0 Å². The summed E-state index contributed by atoms with van der Waals surface area (Å²) in [6, 6.07) is 9.24. The third kappa shape index (κ3) is 3.44. The highest BCUT2D eigenvalue weighted by Gasteiger charge is 2.33. The van der Waals surface area contributed by atoms with E-state index in [1.807, 2.05) is 0 Å². The average Bonchev–Trinajstić information content (AvgIpc) is 2.42. The van der Waals surface area contributed by atoms with Gasteiger partial charge in [-0.1, -0.05) is 40.2 Å². The molecule has 1 atom stereocenters. The maximum Gasteiger partial charge on any atom is 0.417 e. The highest BCUT2D eigenvalue weighted by molar-refractivity contribution is 9.10. The smallest absolute Gasteiger partial charge is 0.309 e. The quantitative estimate of drug-likeness (QED) is 0.765. The van der Waals surface area contributed by atoms with Gasteiger partial charge >= 0.3 is 6.18 Å². The summed E-state index contributed by atoms with van der Waals surface area (Å²) in [7, 11) is 1.58. The summed E-state index contributed by atoms with van der Waals surface area (Å²) >= 11 is 2.89. The summed E-state index contributed by atoms with van der Waals surface area (Å²) in [6.07, 6.45) is -4.47. The predicted octanol–water partition coefficient (Wildman–Crippen LogP) is 4.92. The van der Waals surface area contributed by atoms with Gasteiger partial charge < -0.3 is 5.32 Å². The van der Waals surface area contributed by atoms with Gasteiger partial charge in [0.25, 0.3) is 0 Å². The number of alkyl halides is 3. The highest BCUT2D eigenvalue weighted by atomic mass is 79.9. The number of benzene rings is 2. The van der Waals surface area contributed by atoms with Gasteiger partial charge in [-0.15, -0.1) is 0 Å². The molecule has 0 aliphatic heterocycles. The minimum absolute atomic E-state index is 0.0397. The molecular formula is C15H12BrF4N. The van der Waals surface area contributed by atoms with E-state index in [0.717, 1.165) is 6.07 Å². The van der Waals surface area contributed by atoms with Crippen molar-refractivity contribution in [3.63, 3.8) is 0 Å². The van der Waals surface area contributed by atoms with Crippen molar-refractivity contribution < 1.29 is 17.6 Å². The van der Waals surface area contributed by atoms with Gasteiger partial charge in [-0.05, 0) is 30.8 Å². The van der Waals surface area contributed by atoms with E-state index in [9.17, 15) is 17.6 Å². The lowest BCUT2D eigenvalue weighted by Crippen LogP contribution is -2.20. The third-order valence-electron chi connectivity index (χ3n) is 3.13. The van der Waals surface area contributed by atoms with Gasteiger partial charge in [0.05, 0.1) is 11.6 Å². The second-order valence-electron chi connectivity index (χ2n) is 4.48. The van der Waals surface area contributed by atoms with Crippen LogP contribution in [0.2, 0.25) is 0 Å². The van der Waals surface area contributed by atoms with Crippen LogP contribution in [-0.4, -0.2) is 7.05 Å². The van der Waals surface area contributed by atoms with Gasteiger partial charge in [-0.3, -0.25) is 0 Å². The highest BCUT2D eigenvalue weighted by Crippen LogP contribution is 2.37. The van der Waals surface area contributed by atoms with Crippen LogP contribution < -0.4 is 5.32 Å². The summed E-state index contributed by atoms with van der Waals surface area (Å²) in [5.41, 5.74) is -0.134. The number of nitrogens with one attached hydrogen (secondary N) is 1. The molecule has 0 aliphatic carbocycles. The number of halogens is 5. The molecular weight excluding hydrogens is 350 g/mol. The molecule has 2 aromatic rings. The summed E-state index contributed by atoms with van der Waals surface area (Å²) in [5.74, 6) is -0.465. The second-order valence-corrected chi connectivity index (χ2v) is 5.33. The molecule has 1 unspecified atom stereocenters. The average molecular weight is 362 g/mol. The Morgan fingerprint density at radius 1 is 1.10 bits per heavy atom. The number of hydrogen-bond donors (Lipinski definition) is 1. The molecule has 21 heavy (non-hydrogen) atoms. The Bertz CT molecular complexity index is 640. The van der Waals surface area contributed by atoms with Crippen molar-refractivity contribution in [2.45, 2.75) is 12.2 Å². The summed E-state index contributed by atoms with van der Waals surface area (Å²) < 4.78 is 52.7. The molecule has 0 fully saturated rings. The largest absolute Gasteiger partial charge is 0.417 e. The first-order chi connectivity index (χ1) is 9.84. The summed E-state index contributed by atoms with van der Waals surface area (Å²) in [6.45, 7) is 0. The van der Waals surface area contributed by atoms with E-state index in [0.29, 0.717) is 11.1 Å². The Labute approximate surface area is 128 Å².